The highest BCUT2D eigenvalue weighted by Crippen LogP contribution is 2.41. The van der Waals surface area contributed by atoms with Gasteiger partial charge in [0.25, 0.3) is 0 Å². The fraction of sp³-hybridized carbons (Fsp3) is 0.714. The minimum absolute atomic E-state index is 0.327. The molecule has 0 spiro atoms. The molecule has 140 valence electrons. The Morgan fingerprint density at radius 3 is 2.64 bits per heavy atom. The summed E-state index contributed by atoms with van der Waals surface area (Å²) in [6.07, 6.45) is 2.16. The van der Waals surface area contributed by atoms with Crippen LogP contribution in [0.1, 0.15) is 54.0 Å². The van der Waals surface area contributed by atoms with Gasteiger partial charge in [-0.1, -0.05) is 20.8 Å². The summed E-state index contributed by atoms with van der Waals surface area (Å²) in [5.41, 5.74) is 2.87. The molecule has 2 atom stereocenters. The van der Waals surface area contributed by atoms with Crippen molar-refractivity contribution in [3.8, 4) is 11.5 Å². The van der Waals surface area contributed by atoms with E-state index in [1.807, 2.05) is 6.07 Å². The molecule has 0 aromatic heterocycles. The van der Waals surface area contributed by atoms with E-state index in [2.05, 4.69) is 43.7 Å². The van der Waals surface area contributed by atoms with Crippen LogP contribution in [-0.2, 0) is 6.42 Å². The van der Waals surface area contributed by atoms with Gasteiger partial charge in [-0.2, -0.15) is 0 Å². The summed E-state index contributed by atoms with van der Waals surface area (Å²) in [7, 11) is 3.86. The number of nitrogens with zero attached hydrogens (tertiary/aromatic N) is 2. The van der Waals surface area contributed by atoms with E-state index < -0.39 is 6.56 Å². The molecule has 0 N–H and O–H groups in total. The van der Waals surface area contributed by atoms with Gasteiger partial charge >= 0.3 is 0 Å². The van der Waals surface area contributed by atoms with Crippen molar-refractivity contribution in [1.29, 1.82) is 0 Å². The first kappa shape index (κ1) is 16.0. The van der Waals surface area contributed by atoms with Crippen molar-refractivity contribution in [1.82, 2.24) is 9.80 Å². The topological polar surface area (TPSA) is 24.9 Å². The van der Waals surface area contributed by atoms with Crippen LogP contribution in [0.4, 0.5) is 0 Å². The number of likely N-dealkylation sites (N-methyl/N-ethyl adjacent to an activating group) is 1. The third-order valence-electron chi connectivity index (χ3n) is 5.48. The van der Waals surface area contributed by atoms with Crippen molar-refractivity contribution in [3.05, 3.63) is 23.3 Å². The van der Waals surface area contributed by atoms with E-state index in [4.69, 9.17) is 12.2 Å². The zero-order chi connectivity index (χ0) is 20.0. The van der Waals surface area contributed by atoms with Gasteiger partial charge in [-0.15, -0.1) is 0 Å². The van der Waals surface area contributed by atoms with Crippen molar-refractivity contribution < 1.29 is 12.2 Å². The van der Waals surface area contributed by atoms with E-state index in [1.165, 1.54) is 24.5 Å². The first-order chi connectivity index (χ1) is 12.5. The Balaban J connectivity index is 1.86. The second kappa shape index (κ2) is 7.16. The van der Waals surface area contributed by atoms with Gasteiger partial charge in [0.2, 0.25) is 0 Å². The molecule has 4 heteroatoms. The molecule has 0 radical (unpaired) electrons. The Morgan fingerprint density at radius 2 is 2.00 bits per heavy atom. The number of hydrogen-bond acceptors (Lipinski definition) is 4. The number of methoxy groups -OCH3 is 1. The molecule has 0 amide bonds. The summed E-state index contributed by atoms with van der Waals surface area (Å²) in [6, 6.07) is 4.98. The van der Waals surface area contributed by atoms with Crippen molar-refractivity contribution in [2.24, 2.45) is 5.41 Å². The summed E-state index contributed by atoms with van der Waals surface area (Å²) in [5, 5.41) is 0. The van der Waals surface area contributed by atoms with Gasteiger partial charge in [0.15, 0.2) is 11.5 Å². The Morgan fingerprint density at radius 1 is 1.24 bits per heavy atom. The number of hydrogen-bond donors (Lipinski definition) is 0. The van der Waals surface area contributed by atoms with Gasteiger partial charge in [0, 0.05) is 31.7 Å². The summed E-state index contributed by atoms with van der Waals surface area (Å²) >= 11 is 0. The maximum atomic E-state index is 7.72. The third kappa shape index (κ3) is 3.95. The Kier molecular flexibility index (Phi) is 4.57. The molecule has 1 saturated heterocycles. The van der Waals surface area contributed by atoms with Crippen LogP contribution in [0.2, 0.25) is 0 Å². The predicted molar refractivity (Wildman–Crippen MR) is 103 cm³/mol. The van der Waals surface area contributed by atoms with Gasteiger partial charge < -0.3 is 14.4 Å². The largest absolute Gasteiger partial charge is 0.493 e. The van der Waals surface area contributed by atoms with Crippen molar-refractivity contribution in [2.45, 2.75) is 52.6 Å². The van der Waals surface area contributed by atoms with E-state index in [0.29, 0.717) is 29.0 Å². The fourth-order valence-electron chi connectivity index (χ4n) is 4.30. The highest BCUT2D eigenvalue weighted by molar-refractivity contribution is 5.49. The number of piperazine rings is 1. The lowest BCUT2D eigenvalue weighted by Gasteiger charge is -2.49. The Hall–Kier alpha value is -1.26. The van der Waals surface area contributed by atoms with Crippen molar-refractivity contribution in [3.63, 3.8) is 0 Å². The van der Waals surface area contributed by atoms with Crippen LogP contribution in [0.5, 0.6) is 11.5 Å². The van der Waals surface area contributed by atoms with Crippen LogP contribution in [0.15, 0.2) is 12.1 Å². The molecule has 0 bridgehead atoms. The first-order valence-electron chi connectivity index (χ1n) is 10.3. The van der Waals surface area contributed by atoms with Crippen LogP contribution >= 0.6 is 0 Å². The maximum absolute atomic E-state index is 7.72. The molecule has 0 aliphatic carbocycles. The number of ether oxygens (including phenoxy) is 2. The van der Waals surface area contributed by atoms with Crippen LogP contribution in [-0.4, -0.2) is 56.2 Å². The summed E-state index contributed by atoms with van der Waals surface area (Å²) in [6.45, 7) is 9.77. The second-order valence-corrected chi connectivity index (χ2v) is 8.63. The number of fused-ring (bicyclic) bond motifs is 3. The van der Waals surface area contributed by atoms with Crippen LogP contribution in [0.3, 0.4) is 0 Å². The molecular formula is C21H34N2O2. The fourth-order valence-corrected chi connectivity index (χ4v) is 4.30. The lowest BCUT2D eigenvalue weighted by atomic mass is 9.84. The molecule has 0 unspecified atom stereocenters. The van der Waals surface area contributed by atoms with Crippen molar-refractivity contribution >= 4 is 0 Å². The van der Waals surface area contributed by atoms with Gasteiger partial charge in [-0.25, -0.2) is 0 Å². The van der Waals surface area contributed by atoms with E-state index in [0.717, 1.165) is 26.1 Å². The van der Waals surface area contributed by atoms with Crippen molar-refractivity contribution in [2.75, 3.05) is 40.4 Å². The van der Waals surface area contributed by atoms with Gasteiger partial charge in [-0.05, 0) is 55.5 Å². The smallest absolute Gasteiger partial charge is 0.161 e. The average Bonchev–Trinajstić information content (AvgIpc) is 2.52. The lowest BCUT2D eigenvalue weighted by Crippen LogP contribution is -2.55. The molecule has 4 nitrogen and oxygen atoms in total. The molecule has 1 aromatic carbocycles. The Bertz CT molecular complexity index is 682. The highest BCUT2D eigenvalue weighted by Gasteiger charge is 2.37. The molecule has 2 heterocycles. The molecule has 3 rings (SSSR count). The molecule has 1 fully saturated rings. The molecule has 2 aliphatic heterocycles. The normalized spacial score (nSPS) is 26.3. The maximum Gasteiger partial charge on any atom is 0.161 e. The van der Waals surface area contributed by atoms with Crippen LogP contribution in [0.25, 0.3) is 0 Å². The van der Waals surface area contributed by atoms with Gasteiger partial charge in [0.05, 0.1) is 16.4 Å². The predicted octanol–water partition coefficient (Wildman–Crippen LogP) is 3.74. The van der Waals surface area contributed by atoms with E-state index >= 15 is 0 Å². The van der Waals surface area contributed by atoms with E-state index in [1.54, 1.807) is 7.11 Å². The summed E-state index contributed by atoms with van der Waals surface area (Å²) in [5.74, 6) is 1.10. The molecule has 25 heavy (non-hydrogen) atoms. The molecule has 1 aromatic rings. The second-order valence-electron chi connectivity index (χ2n) is 8.63. The van der Waals surface area contributed by atoms with E-state index in [-0.39, 0.29) is 0 Å². The minimum atomic E-state index is -1.73. The lowest BCUT2D eigenvalue weighted by molar-refractivity contribution is 0.0213. The zero-order valence-electron chi connectivity index (χ0n) is 18.6. The van der Waals surface area contributed by atoms with Gasteiger partial charge in [0.1, 0.15) is 0 Å². The summed E-state index contributed by atoms with van der Waals surface area (Å²) < 4.78 is 26.5. The highest BCUT2D eigenvalue weighted by atomic mass is 16.5. The van der Waals surface area contributed by atoms with E-state index in [9.17, 15) is 0 Å². The third-order valence-corrected chi connectivity index (χ3v) is 5.48. The minimum Gasteiger partial charge on any atom is -0.493 e. The van der Waals surface area contributed by atoms with Crippen LogP contribution < -0.4 is 9.47 Å². The zero-order valence-corrected chi connectivity index (χ0v) is 16.6. The quantitative estimate of drug-likeness (QED) is 0.827. The molecular weight excluding hydrogens is 312 g/mol. The van der Waals surface area contributed by atoms with Gasteiger partial charge in [-0.3, -0.25) is 4.90 Å². The first-order valence-corrected chi connectivity index (χ1v) is 9.31. The number of rotatable bonds is 4. The summed E-state index contributed by atoms with van der Waals surface area (Å²) in [4.78, 5) is 5.11. The SMILES string of the molecule is [2H]C([2H])(C)Oc1cc2c(cc1OC)[C@H]1CN(C)[C@H](CC(C)(C)C)CN1CC2. The standard InChI is InChI=1S/C21H34N2O2/c1-7-25-20-10-15-8-9-23-13-16(12-21(2,3)4)22(5)14-18(23)17(15)11-19(20)24-6/h10-11,16,18H,7-9,12-14H2,1-6H3/t16-,18-/m1/s1/i7D2. The average molecular weight is 349 g/mol. The van der Waals surface area contributed by atoms with Crippen LogP contribution in [0, 0.1) is 5.41 Å². The molecule has 0 saturated carbocycles. The monoisotopic (exact) mass is 348 g/mol. The molecule has 2 aliphatic rings. The number of benzene rings is 1. The Labute approximate surface area is 155 Å².